The molecule has 5 nitrogen and oxygen atoms in total. The first-order valence-electron chi connectivity index (χ1n) is 9.32. The van der Waals surface area contributed by atoms with Crippen LogP contribution in [0.4, 0.5) is 0 Å². The summed E-state index contributed by atoms with van der Waals surface area (Å²) in [6.07, 6.45) is 5.24. The molecule has 4 rings (SSSR count). The standard InChI is InChI=1S/C20H26N4O/c1-14-8-10-15(11-9-14)24-18-7-3-6-17(18)19(22-24)20(25)23-12-4-5-16(23)13-21-2/h8-11,16,21H,3-7,12-13H2,1-2H3. The first kappa shape index (κ1) is 16.3. The minimum absolute atomic E-state index is 0.113. The fraction of sp³-hybridized carbons (Fsp3) is 0.500. The predicted molar refractivity (Wildman–Crippen MR) is 98.3 cm³/mol. The van der Waals surface area contributed by atoms with Crippen LogP contribution in [-0.2, 0) is 12.8 Å². The molecule has 5 heteroatoms. The van der Waals surface area contributed by atoms with Crippen LogP contribution in [0, 0.1) is 6.92 Å². The third-order valence-electron chi connectivity index (χ3n) is 5.49. The average molecular weight is 338 g/mol. The minimum atomic E-state index is 0.113. The molecule has 1 unspecified atom stereocenters. The summed E-state index contributed by atoms with van der Waals surface area (Å²) >= 11 is 0. The van der Waals surface area contributed by atoms with Gasteiger partial charge in [-0.3, -0.25) is 4.79 Å². The molecule has 1 N–H and O–H groups in total. The summed E-state index contributed by atoms with van der Waals surface area (Å²) in [5, 5.41) is 7.99. The summed E-state index contributed by atoms with van der Waals surface area (Å²) in [5.74, 6) is 0.113. The quantitative estimate of drug-likeness (QED) is 0.932. The Bertz CT molecular complexity index is 778. The minimum Gasteiger partial charge on any atom is -0.333 e. The van der Waals surface area contributed by atoms with Gasteiger partial charge in [-0.15, -0.1) is 0 Å². The third-order valence-corrected chi connectivity index (χ3v) is 5.49. The van der Waals surface area contributed by atoms with Gasteiger partial charge < -0.3 is 10.2 Å². The summed E-state index contributed by atoms with van der Waals surface area (Å²) in [6, 6.07) is 8.68. The number of nitrogens with zero attached hydrogens (tertiary/aromatic N) is 3. The van der Waals surface area contributed by atoms with Crippen molar-refractivity contribution in [2.45, 2.75) is 45.1 Å². The number of carbonyl (C=O) groups is 1. The number of amides is 1. The van der Waals surface area contributed by atoms with Gasteiger partial charge in [0.25, 0.3) is 5.91 Å². The molecule has 25 heavy (non-hydrogen) atoms. The van der Waals surface area contributed by atoms with Gasteiger partial charge in [-0.1, -0.05) is 17.7 Å². The van der Waals surface area contributed by atoms with E-state index in [4.69, 9.17) is 5.10 Å². The molecule has 1 aromatic carbocycles. The van der Waals surface area contributed by atoms with E-state index in [1.807, 2.05) is 16.6 Å². The molecule has 132 valence electrons. The largest absolute Gasteiger partial charge is 0.333 e. The Morgan fingerprint density at radius 2 is 2.04 bits per heavy atom. The van der Waals surface area contributed by atoms with Crippen molar-refractivity contribution in [3.8, 4) is 5.69 Å². The number of aromatic nitrogens is 2. The van der Waals surface area contributed by atoms with Crippen molar-refractivity contribution in [1.82, 2.24) is 20.0 Å². The van der Waals surface area contributed by atoms with E-state index in [1.165, 1.54) is 16.8 Å². The van der Waals surface area contributed by atoms with Crippen molar-refractivity contribution in [2.75, 3.05) is 20.1 Å². The molecule has 0 bridgehead atoms. The first-order chi connectivity index (χ1) is 12.2. The molecule has 1 aromatic heterocycles. The van der Waals surface area contributed by atoms with Crippen LogP contribution in [0.25, 0.3) is 5.69 Å². The zero-order valence-electron chi connectivity index (χ0n) is 15.1. The molecule has 1 fully saturated rings. The smallest absolute Gasteiger partial charge is 0.274 e. The molecular weight excluding hydrogens is 312 g/mol. The fourth-order valence-corrected chi connectivity index (χ4v) is 4.20. The average Bonchev–Trinajstić information content (AvgIpc) is 3.31. The number of rotatable bonds is 4. The lowest BCUT2D eigenvalue weighted by Crippen LogP contribution is -2.41. The molecule has 0 spiro atoms. The van der Waals surface area contributed by atoms with Crippen LogP contribution >= 0.6 is 0 Å². The lowest BCUT2D eigenvalue weighted by molar-refractivity contribution is 0.0729. The zero-order chi connectivity index (χ0) is 17.4. The Morgan fingerprint density at radius 1 is 1.24 bits per heavy atom. The number of aryl methyl sites for hydroxylation is 1. The second-order valence-electron chi connectivity index (χ2n) is 7.23. The van der Waals surface area contributed by atoms with Crippen molar-refractivity contribution in [3.05, 3.63) is 46.8 Å². The molecule has 1 saturated heterocycles. The van der Waals surface area contributed by atoms with Crippen molar-refractivity contribution in [3.63, 3.8) is 0 Å². The maximum atomic E-state index is 13.2. The number of likely N-dealkylation sites (tertiary alicyclic amines) is 1. The van der Waals surface area contributed by atoms with Crippen LogP contribution in [0.1, 0.15) is 46.6 Å². The van der Waals surface area contributed by atoms with Gasteiger partial charge in [0.15, 0.2) is 5.69 Å². The summed E-state index contributed by atoms with van der Waals surface area (Å²) in [7, 11) is 1.95. The Labute approximate surface area is 149 Å². The molecule has 1 aliphatic carbocycles. The number of fused-ring (bicyclic) bond motifs is 1. The lowest BCUT2D eigenvalue weighted by Gasteiger charge is -2.24. The van der Waals surface area contributed by atoms with Crippen LogP contribution in [0.3, 0.4) is 0 Å². The van der Waals surface area contributed by atoms with Crippen LogP contribution < -0.4 is 5.32 Å². The summed E-state index contributed by atoms with van der Waals surface area (Å²) in [6.45, 7) is 3.78. The molecule has 0 saturated carbocycles. The Hall–Kier alpha value is -2.14. The molecule has 1 aliphatic heterocycles. The van der Waals surface area contributed by atoms with Gasteiger partial charge in [0.05, 0.1) is 5.69 Å². The summed E-state index contributed by atoms with van der Waals surface area (Å²) in [4.78, 5) is 15.2. The number of hydrogen-bond donors (Lipinski definition) is 1. The maximum Gasteiger partial charge on any atom is 0.274 e. The third kappa shape index (κ3) is 2.86. The van der Waals surface area contributed by atoms with Crippen LogP contribution in [0.5, 0.6) is 0 Å². The molecule has 1 amide bonds. The van der Waals surface area contributed by atoms with E-state index in [9.17, 15) is 4.79 Å². The zero-order valence-corrected chi connectivity index (χ0v) is 15.1. The highest BCUT2D eigenvalue weighted by molar-refractivity contribution is 5.94. The molecular formula is C20H26N4O. The van der Waals surface area contributed by atoms with E-state index in [0.717, 1.165) is 50.9 Å². The predicted octanol–water partition coefficient (Wildman–Crippen LogP) is 2.49. The summed E-state index contributed by atoms with van der Waals surface area (Å²) < 4.78 is 2.00. The first-order valence-corrected chi connectivity index (χ1v) is 9.32. The summed E-state index contributed by atoms with van der Waals surface area (Å²) in [5.41, 5.74) is 5.35. The number of likely N-dealkylation sites (N-methyl/N-ethyl adjacent to an activating group) is 1. The number of nitrogens with one attached hydrogen (secondary N) is 1. The Kier molecular flexibility index (Phi) is 4.34. The van der Waals surface area contributed by atoms with Crippen molar-refractivity contribution >= 4 is 5.91 Å². The van der Waals surface area contributed by atoms with Crippen molar-refractivity contribution in [2.24, 2.45) is 0 Å². The number of hydrogen-bond acceptors (Lipinski definition) is 3. The topological polar surface area (TPSA) is 50.2 Å². The molecule has 2 heterocycles. The van der Waals surface area contributed by atoms with Gasteiger partial charge in [-0.25, -0.2) is 4.68 Å². The second-order valence-corrected chi connectivity index (χ2v) is 7.23. The fourth-order valence-electron chi connectivity index (χ4n) is 4.20. The van der Waals surface area contributed by atoms with Crippen LogP contribution in [0.15, 0.2) is 24.3 Å². The van der Waals surface area contributed by atoms with Crippen molar-refractivity contribution < 1.29 is 4.79 Å². The van der Waals surface area contributed by atoms with E-state index < -0.39 is 0 Å². The maximum absolute atomic E-state index is 13.2. The van der Waals surface area contributed by atoms with Gasteiger partial charge in [0.1, 0.15) is 0 Å². The van der Waals surface area contributed by atoms with E-state index in [2.05, 4.69) is 36.5 Å². The van der Waals surface area contributed by atoms with Gasteiger partial charge in [-0.05, 0) is 58.2 Å². The van der Waals surface area contributed by atoms with E-state index >= 15 is 0 Å². The highest BCUT2D eigenvalue weighted by Crippen LogP contribution is 2.30. The van der Waals surface area contributed by atoms with E-state index in [-0.39, 0.29) is 5.91 Å². The molecule has 2 aromatic rings. The van der Waals surface area contributed by atoms with E-state index in [0.29, 0.717) is 11.7 Å². The van der Waals surface area contributed by atoms with E-state index in [1.54, 1.807) is 0 Å². The number of benzene rings is 1. The molecule has 1 atom stereocenters. The molecule has 2 aliphatic rings. The lowest BCUT2D eigenvalue weighted by atomic mass is 10.1. The van der Waals surface area contributed by atoms with Crippen LogP contribution in [0.2, 0.25) is 0 Å². The van der Waals surface area contributed by atoms with Crippen molar-refractivity contribution in [1.29, 1.82) is 0 Å². The highest BCUT2D eigenvalue weighted by Gasteiger charge is 2.34. The van der Waals surface area contributed by atoms with Gasteiger partial charge in [0.2, 0.25) is 0 Å². The monoisotopic (exact) mass is 338 g/mol. The van der Waals surface area contributed by atoms with Gasteiger partial charge in [-0.2, -0.15) is 5.10 Å². The van der Waals surface area contributed by atoms with Gasteiger partial charge >= 0.3 is 0 Å². The van der Waals surface area contributed by atoms with Crippen LogP contribution in [-0.4, -0.2) is 46.8 Å². The van der Waals surface area contributed by atoms with Gasteiger partial charge in [0, 0.05) is 30.4 Å². The Morgan fingerprint density at radius 3 is 2.80 bits per heavy atom. The normalized spacial score (nSPS) is 19.4. The SMILES string of the molecule is CNCC1CCCN1C(=O)c1nn(-c2ccc(C)cc2)c2c1CCC2. The Balaban J connectivity index is 1.70. The second kappa shape index (κ2) is 6.64. The molecule has 0 radical (unpaired) electrons. The highest BCUT2D eigenvalue weighted by atomic mass is 16.2. The number of carbonyl (C=O) groups excluding carboxylic acids is 1.